The molecule has 1 rings (SSSR count). The average Bonchev–Trinajstić information content (AvgIpc) is 2.43. The van der Waals surface area contributed by atoms with E-state index in [0.717, 1.165) is 0 Å². The summed E-state index contributed by atoms with van der Waals surface area (Å²) in [5.74, 6) is 0.841. The number of benzene rings is 1. The Bertz CT molecular complexity index is 412. The molecule has 6 heteroatoms. The van der Waals surface area contributed by atoms with Crippen molar-refractivity contribution in [1.82, 2.24) is 5.32 Å². The van der Waals surface area contributed by atoms with Gasteiger partial charge in [-0.2, -0.15) is 0 Å². The molecule has 0 radical (unpaired) electrons. The van der Waals surface area contributed by atoms with Gasteiger partial charge in [-0.1, -0.05) is 0 Å². The molecule has 1 amide bonds. The van der Waals surface area contributed by atoms with Crippen LogP contribution in [0.25, 0.3) is 0 Å². The normalized spacial score (nSPS) is 13.5. The molecular weight excluding hydrogens is 248 g/mol. The number of carbonyl (C=O) groups is 1. The predicted octanol–water partition coefficient (Wildman–Crippen LogP) is 0.201. The largest absolute Gasteiger partial charge is 0.497 e. The van der Waals surface area contributed by atoms with Gasteiger partial charge in [-0.25, -0.2) is 0 Å². The quantitative estimate of drug-likeness (QED) is 0.685. The number of nitrogens with one attached hydrogen (secondary N) is 1. The van der Waals surface area contributed by atoms with Crippen LogP contribution in [0.1, 0.15) is 18.6 Å². The first-order valence-corrected chi connectivity index (χ1v) is 5.92. The van der Waals surface area contributed by atoms with Crippen molar-refractivity contribution in [2.45, 2.75) is 19.1 Å². The van der Waals surface area contributed by atoms with E-state index in [1.807, 2.05) is 0 Å². The second kappa shape index (κ2) is 6.96. The number of ether oxygens (including phenoxy) is 2. The third-order valence-corrected chi connectivity index (χ3v) is 2.64. The molecule has 0 saturated carbocycles. The summed E-state index contributed by atoms with van der Waals surface area (Å²) in [6, 6.07) is 4.47. The minimum atomic E-state index is -0.855. The van der Waals surface area contributed by atoms with Gasteiger partial charge in [0.15, 0.2) is 0 Å². The first-order valence-electron chi connectivity index (χ1n) is 5.92. The summed E-state index contributed by atoms with van der Waals surface area (Å²) in [5.41, 5.74) is 6.02. The molecule has 0 aromatic heterocycles. The minimum Gasteiger partial charge on any atom is -0.497 e. The summed E-state index contributed by atoms with van der Waals surface area (Å²) in [5, 5.41) is 12.6. The van der Waals surface area contributed by atoms with Gasteiger partial charge >= 0.3 is 0 Å². The molecule has 0 saturated heterocycles. The van der Waals surface area contributed by atoms with E-state index >= 15 is 0 Å². The van der Waals surface area contributed by atoms with Crippen LogP contribution in [-0.2, 0) is 4.79 Å². The third-order valence-electron chi connectivity index (χ3n) is 2.64. The Labute approximate surface area is 112 Å². The van der Waals surface area contributed by atoms with E-state index in [1.165, 1.54) is 14.2 Å². The van der Waals surface area contributed by atoms with Crippen LogP contribution in [0.15, 0.2) is 18.2 Å². The van der Waals surface area contributed by atoms with E-state index in [4.69, 9.17) is 15.2 Å². The van der Waals surface area contributed by atoms with Crippen LogP contribution in [0, 0.1) is 0 Å². The molecule has 6 nitrogen and oxygen atoms in total. The van der Waals surface area contributed by atoms with Crippen molar-refractivity contribution in [2.24, 2.45) is 5.73 Å². The topological polar surface area (TPSA) is 93.8 Å². The second-order valence-corrected chi connectivity index (χ2v) is 4.20. The van der Waals surface area contributed by atoms with Crippen LogP contribution in [0.2, 0.25) is 0 Å². The fourth-order valence-electron chi connectivity index (χ4n) is 1.50. The third kappa shape index (κ3) is 4.42. The number of carbonyl (C=O) groups excluding carboxylic acids is 1. The molecule has 106 valence electrons. The van der Waals surface area contributed by atoms with E-state index in [2.05, 4.69) is 5.32 Å². The maximum Gasteiger partial charge on any atom is 0.236 e. The van der Waals surface area contributed by atoms with Crippen molar-refractivity contribution < 1.29 is 19.4 Å². The number of hydrogen-bond acceptors (Lipinski definition) is 5. The van der Waals surface area contributed by atoms with Crippen LogP contribution in [0.5, 0.6) is 11.5 Å². The molecule has 0 spiro atoms. The molecule has 1 aromatic rings. The first kappa shape index (κ1) is 15.3. The van der Waals surface area contributed by atoms with Gasteiger partial charge in [-0.3, -0.25) is 4.79 Å². The van der Waals surface area contributed by atoms with Crippen molar-refractivity contribution in [3.63, 3.8) is 0 Å². The van der Waals surface area contributed by atoms with Crippen molar-refractivity contribution >= 4 is 5.91 Å². The lowest BCUT2D eigenvalue weighted by molar-refractivity contribution is -0.122. The van der Waals surface area contributed by atoms with Gasteiger partial charge in [-0.05, 0) is 24.6 Å². The number of aliphatic hydroxyl groups excluding tert-OH is 1. The van der Waals surface area contributed by atoms with E-state index in [9.17, 15) is 9.90 Å². The number of aliphatic hydroxyl groups is 1. The Kier molecular flexibility index (Phi) is 5.59. The zero-order valence-corrected chi connectivity index (χ0v) is 11.3. The maximum absolute atomic E-state index is 11.3. The van der Waals surface area contributed by atoms with Crippen molar-refractivity contribution in [1.29, 1.82) is 0 Å². The summed E-state index contributed by atoms with van der Waals surface area (Å²) in [6.45, 7) is 1.66. The highest BCUT2D eigenvalue weighted by Gasteiger charge is 2.13. The molecule has 4 N–H and O–H groups in total. The van der Waals surface area contributed by atoms with Gasteiger partial charge in [0.25, 0.3) is 0 Å². The Balaban J connectivity index is 2.75. The highest BCUT2D eigenvalue weighted by Crippen LogP contribution is 2.26. The van der Waals surface area contributed by atoms with Gasteiger partial charge in [0.2, 0.25) is 5.91 Å². The number of methoxy groups -OCH3 is 2. The summed E-state index contributed by atoms with van der Waals surface area (Å²) in [4.78, 5) is 11.3. The lowest BCUT2D eigenvalue weighted by atomic mass is 10.1. The van der Waals surface area contributed by atoms with Gasteiger partial charge in [0, 0.05) is 12.6 Å². The molecule has 0 aliphatic rings. The Hall–Kier alpha value is -1.79. The zero-order valence-electron chi connectivity index (χ0n) is 11.3. The van der Waals surface area contributed by atoms with Crippen LogP contribution < -0.4 is 20.5 Å². The number of rotatable bonds is 6. The molecule has 2 atom stereocenters. The fourth-order valence-corrected chi connectivity index (χ4v) is 1.50. The summed E-state index contributed by atoms with van der Waals surface area (Å²) in [6.07, 6.45) is -0.855. The second-order valence-electron chi connectivity index (χ2n) is 4.20. The average molecular weight is 268 g/mol. The van der Waals surface area contributed by atoms with E-state index < -0.39 is 12.1 Å². The highest BCUT2D eigenvalue weighted by atomic mass is 16.5. The number of nitrogens with two attached hydrogens (primary N) is 1. The minimum absolute atomic E-state index is 0.0801. The zero-order chi connectivity index (χ0) is 14.4. The molecule has 1 unspecified atom stereocenters. The Morgan fingerprint density at radius 3 is 2.26 bits per heavy atom. The van der Waals surface area contributed by atoms with Gasteiger partial charge in [0.1, 0.15) is 11.5 Å². The van der Waals surface area contributed by atoms with Crippen LogP contribution in [-0.4, -0.2) is 37.8 Å². The molecule has 0 bridgehead atoms. The fraction of sp³-hybridized carbons (Fsp3) is 0.462. The van der Waals surface area contributed by atoms with E-state index in [-0.39, 0.29) is 12.5 Å². The molecule has 19 heavy (non-hydrogen) atoms. The van der Waals surface area contributed by atoms with Crippen LogP contribution in [0.4, 0.5) is 0 Å². The molecule has 0 aliphatic heterocycles. The van der Waals surface area contributed by atoms with Crippen molar-refractivity contribution in [3.05, 3.63) is 23.8 Å². The lowest BCUT2D eigenvalue weighted by Gasteiger charge is -2.15. The van der Waals surface area contributed by atoms with Gasteiger partial charge in [0.05, 0.1) is 26.4 Å². The van der Waals surface area contributed by atoms with Crippen LogP contribution >= 0.6 is 0 Å². The summed E-state index contributed by atoms with van der Waals surface area (Å²) < 4.78 is 10.2. The highest BCUT2D eigenvalue weighted by molar-refractivity contribution is 5.80. The maximum atomic E-state index is 11.3. The van der Waals surface area contributed by atoms with E-state index in [1.54, 1.807) is 25.1 Å². The monoisotopic (exact) mass is 268 g/mol. The molecule has 0 heterocycles. The standard InChI is InChI=1S/C13H20N2O4/c1-8(14)13(17)15-7-12(16)9-4-10(18-2)6-11(5-9)19-3/h4-6,8,12,16H,7,14H2,1-3H3,(H,15,17)/t8-,12?/m1/s1. The summed E-state index contributed by atoms with van der Waals surface area (Å²) in [7, 11) is 3.06. The lowest BCUT2D eigenvalue weighted by Crippen LogP contribution is -2.40. The molecule has 0 fully saturated rings. The SMILES string of the molecule is COc1cc(OC)cc(C(O)CNC(=O)[C@@H](C)N)c1. The smallest absolute Gasteiger partial charge is 0.236 e. The molecular formula is C13H20N2O4. The van der Waals surface area contributed by atoms with Crippen molar-refractivity contribution in [2.75, 3.05) is 20.8 Å². The predicted molar refractivity (Wildman–Crippen MR) is 71.2 cm³/mol. The first-order chi connectivity index (χ1) is 8.97. The molecule has 1 aromatic carbocycles. The van der Waals surface area contributed by atoms with Crippen LogP contribution in [0.3, 0.4) is 0 Å². The summed E-state index contributed by atoms with van der Waals surface area (Å²) >= 11 is 0. The number of amides is 1. The number of hydrogen-bond donors (Lipinski definition) is 3. The Morgan fingerprint density at radius 2 is 1.84 bits per heavy atom. The van der Waals surface area contributed by atoms with E-state index in [0.29, 0.717) is 17.1 Å². The van der Waals surface area contributed by atoms with Crippen molar-refractivity contribution in [3.8, 4) is 11.5 Å². The molecule has 0 aliphatic carbocycles. The Morgan fingerprint density at radius 1 is 1.32 bits per heavy atom. The van der Waals surface area contributed by atoms with Gasteiger partial charge in [-0.15, -0.1) is 0 Å². The van der Waals surface area contributed by atoms with Gasteiger partial charge < -0.3 is 25.6 Å².